The molecule has 3 aromatic carbocycles. The van der Waals surface area contributed by atoms with Gasteiger partial charge in [0.2, 0.25) is 0 Å². The van der Waals surface area contributed by atoms with Gasteiger partial charge in [-0.2, -0.15) is 13.2 Å². The standard InChI is InChI=1S/C31H31F7NO2.ClH/c1-16(17-7-9-19(10-8-17)30(2,3)4)29-20-14-23(41-6)22(40-5)13-18(20)11-12-39(29)15-21-25(32)27(34)24(31(36,37)38)28(35)26(21)33;/h7-10,13-14,16H,11-12,15H2,1-6H3;1H/q+1;/p-1. The summed E-state index contributed by atoms with van der Waals surface area (Å²) in [4.78, 5) is 0. The fourth-order valence-electron chi connectivity index (χ4n) is 5.27. The van der Waals surface area contributed by atoms with Gasteiger partial charge in [-0.05, 0) is 41.2 Å². The lowest BCUT2D eigenvalue weighted by molar-refractivity contribution is -0.546. The Morgan fingerprint density at radius 2 is 1.36 bits per heavy atom. The molecule has 0 spiro atoms. The topological polar surface area (TPSA) is 21.5 Å². The Morgan fingerprint density at radius 1 is 0.833 bits per heavy atom. The number of hydrogen-bond acceptors (Lipinski definition) is 2. The molecule has 1 aliphatic rings. The number of halogens is 8. The molecule has 228 valence electrons. The first kappa shape index (κ1) is 33.2. The zero-order chi connectivity index (χ0) is 30.4. The van der Waals surface area contributed by atoms with E-state index in [0.717, 1.165) is 16.7 Å². The van der Waals surface area contributed by atoms with E-state index < -0.39 is 53.0 Å². The summed E-state index contributed by atoms with van der Waals surface area (Å²) < 4.78 is 111. The van der Waals surface area contributed by atoms with Gasteiger partial charge < -0.3 is 21.9 Å². The molecule has 4 rings (SSSR count). The van der Waals surface area contributed by atoms with Crippen molar-refractivity contribution in [2.45, 2.75) is 58.2 Å². The maximum atomic E-state index is 15.0. The molecule has 11 heteroatoms. The molecule has 3 nitrogen and oxygen atoms in total. The first-order chi connectivity index (χ1) is 19.1. The lowest BCUT2D eigenvalue weighted by Gasteiger charge is -2.25. The predicted octanol–water partition coefficient (Wildman–Crippen LogP) is 4.94. The van der Waals surface area contributed by atoms with Gasteiger partial charge in [0, 0.05) is 12.0 Å². The van der Waals surface area contributed by atoms with Gasteiger partial charge in [-0.25, -0.2) is 22.1 Å². The Bertz CT molecular complexity index is 1480. The van der Waals surface area contributed by atoms with Crippen LogP contribution in [0.5, 0.6) is 11.5 Å². The van der Waals surface area contributed by atoms with Gasteiger partial charge >= 0.3 is 6.18 Å². The molecule has 1 aliphatic heterocycles. The van der Waals surface area contributed by atoms with Gasteiger partial charge in [0.25, 0.3) is 0 Å². The summed E-state index contributed by atoms with van der Waals surface area (Å²) in [6.45, 7) is 7.57. The molecular weight excluding hydrogens is 587 g/mol. The highest BCUT2D eigenvalue weighted by Crippen LogP contribution is 2.39. The highest BCUT2D eigenvalue weighted by molar-refractivity contribution is 6.03. The summed E-state index contributed by atoms with van der Waals surface area (Å²) >= 11 is 0. The van der Waals surface area contributed by atoms with Crippen molar-refractivity contribution in [1.82, 2.24) is 0 Å². The van der Waals surface area contributed by atoms with Crippen molar-refractivity contribution in [3.8, 4) is 11.5 Å². The highest BCUT2D eigenvalue weighted by Gasteiger charge is 2.43. The van der Waals surface area contributed by atoms with Crippen LogP contribution in [0.3, 0.4) is 0 Å². The van der Waals surface area contributed by atoms with E-state index in [1.807, 2.05) is 31.2 Å². The zero-order valence-corrected chi connectivity index (χ0v) is 24.7. The Balaban J connectivity index is 0.00000484. The number of methoxy groups -OCH3 is 2. The Morgan fingerprint density at radius 3 is 1.83 bits per heavy atom. The number of nitrogens with zero attached hydrogens (tertiary/aromatic N) is 1. The summed E-state index contributed by atoms with van der Waals surface area (Å²) in [5.74, 6) is -8.61. The first-order valence-corrected chi connectivity index (χ1v) is 13.0. The van der Waals surface area contributed by atoms with Crippen molar-refractivity contribution in [1.29, 1.82) is 0 Å². The van der Waals surface area contributed by atoms with Gasteiger partial charge in [0.05, 0.1) is 25.7 Å². The van der Waals surface area contributed by atoms with Gasteiger partial charge in [-0.15, -0.1) is 0 Å². The van der Waals surface area contributed by atoms with Gasteiger partial charge in [-0.3, -0.25) is 0 Å². The molecule has 0 aromatic heterocycles. The molecule has 0 bridgehead atoms. The van der Waals surface area contributed by atoms with E-state index in [-0.39, 0.29) is 24.4 Å². The van der Waals surface area contributed by atoms with Crippen LogP contribution in [-0.4, -0.2) is 31.1 Å². The van der Waals surface area contributed by atoms with Crippen LogP contribution in [-0.2, 0) is 24.6 Å². The minimum absolute atomic E-state index is 0. The molecular formula is C31H31ClF7NO2. The highest BCUT2D eigenvalue weighted by atomic mass is 35.5. The lowest BCUT2D eigenvalue weighted by Crippen LogP contribution is -3.00. The van der Waals surface area contributed by atoms with E-state index in [9.17, 15) is 30.7 Å². The number of benzene rings is 3. The largest absolute Gasteiger partial charge is 1.00 e. The van der Waals surface area contributed by atoms with Crippen molar-refractivity contribution in [2.75, 3.05) is 20.8 Å². The summed E-state index contributed by atoms with van der Waals surface area (Å²) in [7, 11) is 2.94. The van der Waals surface area contributed by atoms with Crippen molar-refractivity contribution in [3.05, 3.63) is 93.0 Å². The minimum atomic E-state index is -5.61. The molecule has 1 heterocycles. The van der Waals surface area contributed by atoms with E-state index in [2.05, 4.69) is 20.8 Å². The molecule has 0 saturated heterocycles. The fraction of sp³-hybridized carbons (Fsp3) is 0.387. The normalized spacial score (nSPS) is 14.3. The van der Waals surface area contributed by atoms with Crippen LogP contribution in [0.1, 0.15) is 67.0 Å². The zero-order valence-electron chi connectivity index (χ0n) is 24.0. The maximum Gasteiger partial charge on any atom is 0.422 e. The van der Waals surface area contributed by atoms with Crippen LogP contribution >= 0.6 is 0 Å². The number of fused-ring (bicyclic) bond motifs is 1. The molecule has 0 fully saturated rings. The molecule has 0 saturated carbocycles. The first-order valence-electron chi connectivity index (χ1n) is 13.0. The van der Waals surface area contributed by atoms with Crippen LogP contribution in [0.15, 0.2) is 36.4 Å². The summed E-state index contributed by atoms with van der Waals surface area (Å²) in [6.07, 6.45) is -5.25. The van der Waals surface area contributed by atoms with E-state index in [1.165, 1.54) is 14.2 Å². The Kier molecular flexibility index (Phi) is 9.61. The summed E-state index contributed by atoms with van der Waals surface area (Å²) in [5, 5.41) is 0. The van der Waals surface area contributed by atoms with Crippen LogP contribution in [0.25, 0.3) is 0 Å². The Labute approximate surface area is 246 Å². The monoisotopic (exact) mass is 617 g/mol. The van der Waals surface area contributed by atoms with Crippen LogP contribution in [0, 0.1) is 23.3 Å². The predicted molar refractivity (Wildman–Crippen MR) is 141 cm³/mol. The van der Waals surface area contributed by atoms with Crippen molar-refractivity contribution in [2.24, 2.45) is 0 Å². The second kappa shape index (κ2) is 12.1. The molecule has 0 N–H and O–H groups in total. The number of ether oxygens (including phenoxy) is 2. The molecule has 0 amide bonds. The number of rotatable bonds is 6. The molecule has 0 aliphatic carbocycles. The second-order valence-electron chi connectivity index (χ2n) is 11.1. The third-order valence-electron chi connectivity index (χ3n) is 7.55. The van der Waals surface area contributed by atoms with E-state index in [4.69, 9.17) is 9.47 Å². The summed E-state index contributed by atoms with van der Waals surface area (Å²) in [5.41, 5.74) is 0.201. The van der Waals surface area contributed by atoms with E-state index in [1.54, 1.807) is 16.7 Å². The third-order valence-corrected chi connectivity index (χ3v) is 7.55. The number of alkyl halides is 3. The molecule has 1 atom stereocenters. The van der Waals surface area contributed by atoms with Crippen molar-refractivity contribution >= 4 is 5.71 Å². The average Bonchev–Trinajstić information content (AvgIpc) is 2.91. The van der Waals surface area contributed by atoms with Gasteiger partial charge in [0.1, 0.15) is 12.1 Å². The van der Waals surface area contributed by atoms with Crippen LogP contribution < -0.4 is 21.9 Å². The smallest absolute Gasteiger partial charge is 0.422 e. The van der Waals surface area contributed by atoms with E-state index in [0.29, 0.717) is 29.2 Å². The SMILES string of the molecule is COc1cc2c(cc1OC)C(C(C)c1ccc(C(C)(C)C)cc1)=[N+](Cc1c(F)c(F)c(C(F)(F)F)c(F)c1F)CC2.[Cl-]. The molecule has 1 unspecified atom stereocenters. The van der Waals surface area contributed by atoms with E-state index >= 15 is 0 Å². The van der Waals surface area contributed by atoms with Crippen LogP contribution in [0.4, 0.5) is 30.7 Å². The second-order valence-corrected chi connectivity index (χ2v) is 11.1. The van der Waals surface area contributed by atoms with Gasteiger partial charge in [0.15, 0.2) is 47.0 Å². The maximum absolute atomic E-state index is 15.0. The fourth-order valence-corrected chi connectivity index (χ4v) is 5.27. The van der Waals surface area contributed by atoms with Gasteiger partial charge in [-0.1, -0.05) is 45.0 Å². The average molecular weight is 618 g/mol. The molecule has 3 aromatic rings. The lowest BCUT2D eigenvalue weighted by atomic mass is 9.83. The third kappa shape index (κ3) is 6.09. The minimum Gasteiger partial charge on any atom is -1.00 e. The quantitative estimate of drug-likeness (QED) is 0.222. The van der Waals surface area contributed by atoms with Crippen molar-refractivity contribution < 1.29 is 57.2 Å². The van der Waals surface area contributed by atoms with Crippen molar-refractivity contribution in [3.63, 3.8) is 0 Å². The molecule has 42 heavy (non-hydrogen) atoms. The number of hydrogen-bond donors (Lipinski definition) is 0. The molecule has 0 radical (unpaired) electrons. The van der Waals surface area contributed by atoms with Crippen LogP contribution in [0.2, 0.25) is 0 Å². The Hall–Kier alpha value is -3.27. The summed E-state index contributed by atoms with van der Waals surface area (Å²) in [6, 6.07) is 11.3.